The van der Waals surface area contributed by atoms with Gasteiger partial charge in [0, 0.05) is 17.4 Å². The van der Waals surface area contributed by atoms with Gasteiger partial charge < -0.3 is 25.2 Å². The maximum atomic E-state index is 13.0. The number of carboxylic acids is 1. The number of rotatable bonds is 4. The van der Waals surface area contributed by atoms with E-state index in [0.717, 1.165) is 36.8 Å². The summed E-state index contributed by atoms with van der Waals surface area (Å²) in [7, 11) is 0. The van der Waals surface area contributed by atoms with Gasteiger partial charge in [-0.2, -0.15) is 0 Å². The van der Waals surface area contributed by atoms with Gasteiger partial charge in [0.2, 0.25) is 0 Å². The Morgan fingerprint density at radius 2 is 1.61 bits per heavy atom. The summed E-state index contributed by atoms with van der Waals surface area (Å²) in [5.74, 6) is -1.07. The van der Waals surface area contributed by atoms with Crippen LogP contribution >= 0.6 is 0 Å². The van der Waals surface area contributed by atoms with Crippen molar-refractivity contribution in [3.63, 3.8) is 0 Å². The van der Waals surface area contributed by atoms with Gasteiger partial charge in [-0.25, -0.2) is 4.79 Å². The van der Waals surface area contributed by atoms with Gasteiger partial charge >= 0.3 is 11.9 Å². The fraction of sp³-hybridized carbons (Fsp3) is 0.692. The van der Waals surface area contributed by atoms with Crippen LogP contribution in [-0.4, -0.2) is 50.2 Å². The van der Waals surface area contributed by atoms with Crippen molar-refractivity contribution in [1.82, 2.24) is 0 Å². The molecule has 5 aliphatic rings. The summed E-state index contributed by atoms with van der Waals surface area (Å²) in [6.07, 6.45) is 9.72. The molecule has 0 bridgehead atoms. The van der Waals surface area contributed by atoms with Crippen LogP contribution in [0.15, 0.2) is 42.0 Å². The van der Waals surface area contributed by atoms with Gasteiger partial charge in [0.1, 0.15) is 11.9 Å². The highest BCUT2D eigenvalue weighted by atomic mass is 16.6. The number of hydrogen-bond acceptors (Lipinski definition) is 6. The van der Waals surface area contributed by atoms with E-state index < -0.39 is 46.5 Å². The second-order valence-electron chi connectivity index (χ2n) is 17.2. The summed E-state index contributed by atoms with van der Waals surface area (Å²) in [5, 5.41) is 44.0. The summed E-state index contributed by atoms with van der Waals surface area (Å²) in [6, 6.07) is 6.57. The zero-order chi connectivity index (χ0) is 33.7. The van der Waals surface area contributed by atoms with E-state index in [0.29, 0.717) is 25.7 Å². The number of ether oxygens (including phenoxy) is 1. The Morgan fingerprint density at radius 3 is 2.26 bits per heavy atom. The average Bonchev–Trinajstić information content (AvgIpc) is 2.97. The summed E-state index contributed by atoms with van der Waals surface area (Å²) < 4.78 is 6.03. The lowest BCUT2D eigenvalue weighted by atomic mass is 9.33. The first-order valence-electron chi connectivity index (χ1n) is 17.4. The van der Waals surface area contributed by atoms with Gasteiger partial charge in [-0.3, -0.25) is 4.79 Å². The summed E-state index contributed by atoms with van der Waals surface area (Å²) in [5.41, 5.74) is -1.25. The van der Waals surface area contributed by atoms with Gasteiger partial charge in [-0.15, -0.1) is 0 Å². The number of aliphatic hydroxyl groups excluding tert-OH is 1. The molecular weight excluding hydrogens is 580 g/mol. The summed E-state index contributed by atoms with van der Waals surface area (Å²) in [4.78, 5) is 26.0. The number of aliphatic hydroxyl groups is 2. The average molecular weight is 635 g/mol. The standard InChI is InChI=1S/C39H54O7/c1-23-16-19-39(33(43)44)21-20-36(5)26(31(39)38(23,7)45)13-14-29-35(4)22-27(41)32(34(2,3)28(35)17-18-37(29,36)6)46-30(42)15-10-24-8-11-25(40)12-9-24/h8-13,15,23,27-29,31-32,40-41,45H,14,16-22H2,1-7H3,(H,43,44)/t23-,27-,28+,29-,31-,32+,35+,36-,37-,38-,39+/m1/s1. The number of aromatic hydroxyl groups is 1. The Balaban J connectivity index is 1.31. The number of esters is 1. The predicted molar refractivity (Wildman–Crippen MR) is 176 cm³/mol. The van der Waals surface area contributed by atoms with Crippen LogP contribution in [0.5, 0.6) is 5.75 Å². The fourth-order valence-corrected chi connectivity index (χ4v) is 12.1. The maximum Gasteiger partial charge on any atom is 0.331 e. The molecule has 0 aliphatic heterocycles. The highest BCUT2D eigenvalue weighted by Crippen LogP contribution is 2.76. The van der Waals surface area contributed by atoms with E-state index in [1.54, 1.807) is 30.3 Å². The van der Waals surface area contributed by atoms with Crippen LogP contribution in [0.1, 0.15) is 105 Å². The van der Waals surface area contributed by atoms with Crippen LogP contribution < -0.4 is 0 Å². The Bertz CT molecular complexity index is 1460. The number of carbonyl (C=O) groups is 2. The molecular formula is C39H54O7. The third-order valence-corrected chi connectivity index (χ3v) is 14.9. The number of fused-ring (bicyclic) bond motifs is 7. The van der Waals surface area contributed by atoms with E-state index in [1.165, 1.54) is 6.08 Å². The van der Waals surface area contributed by atoms with E-state index in [2.05, 4.69) is 47.6 Å². The van der Waals surface area contributed by atoms with Crippen molar-refractivity contribution in [3.05, 3.63) is 47.6 Å². The first-order chi connectivity index (χ1) is 21.3. The number of carboxylic acid groups (broad SMARTS) is 1. The number of phenols is 1. The van der Waals surface area contributed by atoms with E-state index in [9.17, 15) is 30.0 Å². The topological polar surface area (TPSA) is 124 Å². The summed E-state index contributed by atoms with van der Waals surface area (Å²) >= 11 is 0. The number of hydrogen-bond donors (Lipinski definition) is 4. The van der Waals surface area contributed by atoms with E-state index in [-0.39, 0.29) is 39.7 Å². The van der Waals surface area contributed by atoms with Gasteiger partial charge in [0.25, 0.3) is 0 Å². The molecule has 4 fully saturated rings. The molecule has 6 rings (SSSR count). The Morgan fingerprint density at radius 1 is 0.935 bits per heavy atom. The van der Waals surface area contributed by atoms with Crippen molar-refractivity contribution < 1.29 is 34.8 Å². The molecule has 4 N–H and O–H groups in total. The lowest BCUT2D eigenvalue weighted by Crippen LogP contribution is -2.69. The number of allylic oxidation sites excluding steroid dienone is 1. The van der Waals surface area contributed by atoms with Crippen molar-refractivity contribution in [1.29, 1.82) is 0 Å². The third kappa shape index (κ3) is 4.50. The first kappa shape index (κ1) is 33.3. The first-order valence-corrected chi connectivity index (χ1v) is 17.4. The lowest BCUT2D eigenvalue weighted by Gasteiger charge is -2.72. The zero-order valence-electron chi connectivity index (χ0n) is 28.7. The summed E-state index contributed by atoms with van der Waals surface area (Å²) in [6.45, 7) is 15.3. The number of phenolic OH excluding ortho intramolecular Hbond substituents is 1. The van der Waals surface area contributed by atoms with Gasteiger partial charge in [0.05, 0.1) is 17.1 Å². The maximum absolute atomic E-state index is 13.0. The van der Waals surface area contributed by atoms with Gasteiger partial charge in [-0.05, 0) is 116 Å². The molecule has 11 atom stereocenters. The molecule has 0 heterocycles. The van der Waals surface area contributed by atoms with Crippen LogP contribution in [-0.2, 0) is 14.3 Å². The number of carbonyl (C=O) groups excluding carboxylic acids is 1. The normalized spacial score (nSPS) is 46.2. The van der Waals surface area contributed by atoms with Crippen LogP contribution in [0.25, 0.3) is 6.08 Å². The molecule has 0 spiro atoms. The van der Waals surface area contributed by atoms with E-state index in [1.807, 2.05) is 6.92 Å². The molecule has 0 saturated heterocycles. The van der Waals surface area contributed by atoms with E-state index >= 15 is 0 Å². The predicted octanol–water partition coefficient (Wildman–Crippen LogP) is 7.15. The molecule has 0 radical (unpaired) electrons. The molecule has 1 aromatic rings. The third-order valence-electron chi connectivity index (χ3n) is 14.9. The molecule has 1 aromatic carbocycles. The Hall–Kier alpha value is -2.64. The minimum atomic E-state index is -1.11. The smallest absolute Gasteiger partial charge is 0.331 e. The fourth-order valence-electron chi connectivity index (χ4n) is 12.1. The molecule has 0 aromatic heterocycles. The molecule has 7 heteroatoms. The molecule has 7 nitrogen and oxygen atoms in total. The highest BCUT2D eigenvalue weighted by molar-refractivity contribution is 5.87. The molecule has 5 aliphatic carbocycles. The van der Waals surface area contributed by atoms with Crippen molar-refractivity contribution in [2.75, 3.05) is 0 Å². The SMILES string of the molecule is C[C@@H]1CC[C@]2(C(=O)O)CC[C@]3(C)C(=CC[C@@H]4[C@@]5(C)C[C@@H](O)[C@H](OC(=O)C=Cc6ccc(O)cc6)C(C)(C)[C@@H]5CC[C@]43C)[C@@H]2[C@]1(C)O. The minimum absolute atomic E-state index is 0.0110. The molecule has 0 unspecified atom stereocenters. The van der Waals surface area contributed by atoms with Crippen molar-refractivity contribution in [2.45, 2.75) is 118 Å². The molecule has 4 saturated carbocycles. The molecule has 0 amide bonds. The van der Waals surface area contributed by atoms with E-state index in [4.69, 9.17) is 4.74 Å². The quantitative estimate of drug-likeness (QED) is 0.158. The molecule has 252 valence electrons. The Labute approximate surface area is 274 Å². The largest absolute Gasteiger partial charge is 0.508 e. The van der Waals surface area contributed by atoms with Crippen LogP contribution in [0, 0.1) is 50.7 Å². The van der Waals surface area contributed by atoms with Crippen molar-refractivity contribution >= 4 is 18.0 Å². The second-order valence-corrected chi connectivity index (χ2v) is 17.2. The van der Waals surface area contributed by atoms with Gasteiger partial charge in [0.15, 0.2) is 0 Å². The van der Waals surface area contributed by atoms with Crippen LogP contribution in [0.3, 0.4) is 0 Å². The lowest BCUT2D eigenvalue weighted by molar-refractivity contribution is -0.242. The number of benzene rings is 1. The van der Waals surface area contributed by atoms with Gasteiger partial charge in [-0.1, -0.05) is 65.3 Å². The van der Waals surface area contributed by atoms with Crippen LogP contribution in [0.4, 0.5) is 0 Å². The minimum Gasteiger partial charge on any atom is -0.508 e. The monoisotopic (exact) mass is 634 g/mol. The van der Waals surface area contributed by atoms with Crippen molar-refractivity contribution in [2.24, 2.45) is 50.7 Å². The van der Waals surface area contributed by atoms with Crippen molar-refractivity contribution in [3.8, 4) is 5.75 Å². The number of aliphatic carboxylic acids is 1. The Kier molecular flexibility index (Phi) is 7.73. The highest BCUT2D eigenvalue weighted by Gasteiger charge is 2.72. The molecule has 46 heavy (non-hydrogen) atoms. The zero-order valence-corrected chi connectivity index (χ0v) is 28.7. The second kappa shape index (κ2) is 10.7. The van der Waals surface area contributed by atoms with Crippen LogP contribution in [0.2, 0.25) is 0 Å².